The van der Waals surface area contributed by atoms with E-state index in [-0.39, 0.29) is 6.61 Å². The van der Waals surface area contributed by atoms with Crippen molar-refractivity contribution in [3.05, 3.63) is 29.8 Å². The van der Waals surface area contributed by atoms with Crippen molar-refractivity contribution in [2.45, 2.75) is 0 Å². The Balaban J connectivity index is 2.33. The zero-order valence-electron chi connectivity index (χ0n) is 7.69. The van der Waals surface area contributed by atoms with Crippen LogP contribution in [-0.2, 0) is 0 Å². The molecule has 2 nitrogen and oxygen atoms in total. The lowest BCUT2D eigenvalue weighted by Gasteiger charge is -2.15. The molecule has 0 spiro atoms. The van der Waals surface area contributed by atoms with Gasteiger partial charge in [-0.3, -0.25) is 0 Å². The van der Waals surface area contributed by atoms with Gasteiger partial charge in [0, 0.05) is 0 Å². The number of hydrogen-bond donors (Lipinski definition) is 0. The van der Waals surface area contributed by atoms with Gasteiger partial charge in [-0.05, 0) is 24.3 Å². The quantitative estimate of drug-likeness (QED) is 0.658. The number of rotatable bonds is 2. The smallest absolute Gasteiger partial charge is 0.148 e. The molecule has 1 aromatic rings. The first-order valence-corrected chi connectivity index (χ1v) is 4.40. The molecule has 2 rings (SSSR count). The molecule has 0 unspecified atom stereocenters. The maximum Gasteiger partial charge on any atom is 0.148 e. The standard InChI is InChI=1S/C12H10O2/c1-2-8-13-11-6-3-7-12-10(11)5-4-9-14-12/h1,3-7H,8-9H2. The Morgan fingerprint density at radius 1 is 1.50 bits per heavy atom. The van der Waals surface area contributed by atoms with Crippen LogP contribution in [0.25, 0.3) is 6.08 Å². The summed E-state index contributed by atoms with van der Waals surface area (Å²) in [6.45, 7) is 0.899. The lowest BCUT2D eigenvalue weighted by molar-refractivity contribution is 0.342. The van der Waals surface area contributed by atoms with E-state index in [1.165, 1.54) is 0 Å². The molecular formula is C12H10O2. The fraction of sp³-hybridized carbons (Fsp3) is 0.167. The molecule has 0 saturated carbocycles. The van der Waals surface area contributed by atoms with Crippen LogP contribution in [0.5, 0.6) is 11.5 Å². The highest BCUT2D eigenvalue weighted by molar-refractivity contribution is 5.65. The Labute approximate surface area is 83.2 Å². The van der Waals surface area contributed by atoms with Crippen molar-refractivity contribution in [1.29, 1.82) is 0 Å². The zero-order valence-corrected chi connectivity index (χ0v) is 7.69. The number of ether oxygens (including phenoxy) is 2. The Morgan fingerprint density at radius 2 is 2.43 bits per heavy atom. The summed E-state index contributed by atoms with van der Waals surface area (Å²) >= 11 is 0. The molecule has 1 heterocycles. The second kappa shape index (κ2) is 3.89. The van der Waals surface area contributed by atoms with E-state index >= 15 is 0 Å². The number of terminal acetylenes is 1. The summed E-state index contributed by atoms with van der Waals surface area (Å²) in [6, 6.07) is 5.70. The maximum atomic E-state index is 5.43. The third-order valence-corrected chi connectivity index (χ3v) is 1.96. The van der Waals surface area contributed by atoms with E-state index in [2.05, 4.69) is 5.92 Å². The Kier molecular flexibility index (Phi) is 2.42. The van der Waals surface area contributed by atoms with Gasteiger partial charge < -0.3 is 9.47 Å². The monoisotopic (exact) mass is 186 g/mol. The van der Waals surface area contributed by atoms with Crippen LogP contribution in [0, 0.1) is 12.3 Å². The molecule has 1 aromatic carbocycles. The second-order valence-corrected chi connectivity index (χ2v) is 2.87. The van der Waals surface area contributed by atoms with E-state index in [1.54, 1.807) is 0 Å². The summed E-state index contributed by atoms with van der Waals surface area (Å²) in [5.41, 5.74) is 0.967. The van der Waals surface area contributed by atoms with E-state index in [9.17, 15) is 0 Å². The van der Waals surface area contributed by atoms with Gasteiger partial charge in [0.15, 0.2) is 0 Å². The first-order valence-electron chi connectivity index (χ1n) is 4.40. The van der Waals surface area contributed by atoms with Crippen molar-refractivity contribution in [1.82, 2.24) is 0 Å². The van der Waals surface area contributed by atoms with Crippen molar-refractivity contribution in [3.8, 4) is 23.8 Å². The van der Waals surface area contributed by atoms with Gasteiger partial charge in [-0.1, -0.05) is 12.0 Å². The minimum atomic E-state index is 0.282. The first-order chi connectivity index (χ1) is 6.92. The largest absolute Gasteiger partial charge is 0.489 e. The molecule has 0 amide bonds. The van der Waals surface area contributed by atoms with E-state index in [0.717, 1.165) is 17.1 Å². The van der Waals surface area contributed by atoms with Crippen LogP contribution in [0.2, 0.25) is 0 Å². The van der Waals surface area contributed by atoms with E-state index in [1.807, 2.05) is 30.4 Å². The van der Waals surface area contributed by atoms with Crippen LogP contribution in [-0.4, -0.2) is 13.2 Å². The Morgan fingerprint density at radius 3 is 3.29 bits per heavy atom. The third-order valence-electron chi connectivity index (χ3n) is 1.96. The summed E-state index contributed by atoms with van der Waals surface area (Å²) in [4.78, 5) is 0. The highest BCUT2D eigenvalue weighted by atomic mass is 16.5. The van der Waals surface area contributed by atoms with Crippen LogP contribution in [0.1, 0.15) is 5.56 Å². The fourth-order valence-corrected chi connectivity index (χ4v) is 1.36. The van der Waals surface area contributed by atoms with E-state index < -0.39 is 0 Å². The normalized spacial score (nSPS) is 12.5. The van der Waals surface area contributed by atoms with Crippen LogP contribution in [0.15, 0.2) is 24.3 Å². The average molecular weight is 186 g/mol. The summed E-state index contributed by atoms with van der Waals surface area (Å²) in [5.74, 6) is 4.06. The number of hydrogen-bond acceptors (Lipinski definition) is 2. The van der Waals surface area contributed by atoms with Crippen molar-refractivity contribution >= 4 is 6.08 Å². The van der Waals surface area contributed by atoms with Gasteiger partial charge in [0.05, 0.1) is 5.56 Å². The van der Waals surface area contributed by atoms with Gasteiger partial charge in [-0.2, -0.15) is 0 Å². The molecule has 0 aliphatic carbocycles. The van der Waals surface area contributed by atoms with Crippen molar-refractivity contribution < 1.29 is 9.47 Å². The maximum absolute atomic E-state index is 5.43. The molecule has 0 saturated heterocycles. The fourth-order valence-electron chi connectivity index (χ4n) is 1.36. The molecule has 0 N–H and O–H groups in total. The molecule has 0 aromatic heterocycles. The molecule has 1 aliphatic rings. The molecular weight excluding hydrogens is 176 g/mol. The van der Waals surface area contributed by atoms with Gasteiger partial charge in [0.25, 0.3) is 0 Å². The van der Waals surface area contributed by atoms with Crippen molar-refractivity contribution in [2.24, 2.45) is 0 Å². The number of benzene rings is 1. The topological polar surface area (TPSA) is 18.5 Å². The molecule has 2 heteroatoms. The van der Waals surface area contributed by atoms with Gasteiger partial charge in [-0.15, -0.1) is 6.42 Å². The van der Waals surface area contributed by atoms with Gasteiger partial charge in [-0.25, -0.2) is 0 Å². The molecule has 0 fully saturated rings. The van der Waals surface area contributed by atoms with Crippen molar-refractivity contribution in [3.63, 3.8) is 0 Å². The summed E-state index contributed by atoms with van der Waals surface area (Å²) in [7, 11) is 0. The highest BCUT2D eigenvalue weighted by Gasteiger charge is 2.10. The van der Waals surface area contributed by atoms with E-state index in [0.29, 0.717) is 6.61 Å². The average Bonchev–Trinajstić information content (AvgIpc) is 2.26. The van der Waals surface area contributed by atoms with E-state index in [4.69, 9.17) is 15.9 Å². The molecule has 0 atom stereocenters. The summed E-state index contributed by atoms with van der Waals surface area (Å²) in [5, 5.41) is 0. The zero-order chi connectivity index (χ0) is 9.80. The summed E-state index contributed by atoms with van der Waals surface area (Å²) in [6.07, 6.45) is 9.07. The predicted octanol–water partition coefficient (Wildman–Crippen LogP) is 2.10. The lowest BCUT2D eigenvalue weighted by atomic mass is 10.1. The second-order valence-electron chi connectivity index (χ2n) is 2.87. The molecule has 0 radical (unpaired) electrons. The molecule has 14 heavy (non-hydrogen) atoms. The minimum absolute atomic E-state index is 0.282. The van der Waals surface area contributed by atoms with Crippen LogP contribution < -0.4 is 9.47 Å². The molecule has 70 valence electrons. The number of fused-ring (bicyclic) bond motifs is 1. The minimum Gasteiger partial charge on any atom is -0.489 e. The van der Waals surface area contributed by atoms with Crippen LogP contribution >= 0.6 is 0 Å². The summed E-state index contributed by atoms with van der Waals surface area (Å²) < 4.78 is 10.8. The first kappa shape index (κ1) is 8.71. The lowest BCUT2D eigenvalue weighted by Crippen LogP contribution is -2.03. The van der Waals surface area contributed by atoms with Crippen molar-refractivity contribution in [2.75, 3.05) is 13.2 Å². The SMILES string of the molecule is C#CCOc1cccc2c1C=CCO2. The van der Waals surface area contributed by atoms with Gasteiger partial charge in [0.1, 0.15) is 24.7 Å². The van der Waals surface area contributed by atoms with Crippen LogP contribution in [0.3, 0.4) is 0 Å². The molecule has 1 aliphatic heterocycles. The van der Waals surface area contributed by atoms with Gasteiger partial charge >= 0.3 is 0 Å². The highest BCUT2D eigenvalue weighted by Crippen LogP contribution is 2.31. The third kappa shape index (κ3) is 1.57. The Hall–Kier alpha value is -1.88. The molecule has 0 bridgehead atoms. The Bertz CT molecular complexity index is 399. The van der Waals surface area contributed by atoms with Gasteiger partial charge in [0.2, 0.25) is 0 Å². The predicted molar refractivity (Wildman–Crippen MR) is 55.3 cm³/mol. The van der Waals surface area contributed by atoms with Crippen LogP contribution in [0.4, 0.5) is 0 Å².